The van der Waals surface area contributed by atoms with E-state index in [2.05, 4.69) is 118 Å². The van der Waals surface area contributed by atoms with Crippen molar-refractivity contribution >= 4 is 17.9 Å². The zero-order chi connectivity index (χ0) is 52.2. The number of hydrogen-bond donors (Lipinski definition) is 0. The molecule has 1 unspecified atom stereocenters. The van der Waals surface area contributed by atoms with Crippen LogP contribution in [0.15, 0.2) is 194 Å². The van der Waals surface area contributed by atoms with Crippen LogP contribution in [-0.4, -0.2) is 37.2 Å². The highest BCUT2D eigenvalue weighted by Crippen LogP contribution is 2.12. The van der Waals surface area contributed by atoms with E-state index in [-0.39, 0.29) is 44.0 Å². The lowest BCUT2D eigenvalue weighted by Gasteiger charge is -2.18. The van der Waals surface area contributed by atoms with E-state index in [1.54, 1.807) is 0 Å². The van der Waals surface area contributed by atoms with Gasteiger partial charge < -0.3 is 14.2 Å². The van der Waals surface area contributed by atoms with Crippen LogP contribution in [0.3, 0.4) is 0 Å². The van der Waals surface area contributed by atoms with E-state index in [1.165, 1.54) is 6.42 Å². The Kier molecular flexibility index (Phi) is 53.2. The monoisotopic (exact) mass is 985 g/mol. The maximum Gasteiger partial charge on any atom is 0.306 e. The highest BCUT2D eigenvalue weighted by atomic mass is 16.6. The molecule has 0 aromatic heterocycles. The molecule has 396 valence electrons. The molecule has 0 bridgehead atoms. The first-order chi connectivity index (χ1) is 35.5. The molecule has 0 saturated heterocycles. The normalized spacial score (nSPS) is 13.7. The highest BCUT2D eigenvalue weighted by molar-refractivity contribution is 5.71. The number of allylic oxidation sites excluding steroid dienone is 32. The average Bonchev–Trinajstić information content (AvgIpc) is 3.38. The summed E-state index contributed by atoms with van der Waals surface area (Å²) in [6.07, 6.45) is 88.3. The molecule has 0 aromatic rings. The lowest BCUT2D eigenvalue weighted by atomic mass is 10.1. The van der Waals surface area contributed by atoms with Gasteiger partial charge in [0.1, 0.15) is 13.2 Å². The van der Waals surface area contributed by atoms with Gasteiger partial charge in [-0.1, -0.05) is 254 Å². The summed E-state index contributed by atoms with van der Waals surface area (Å²) in [5, 5.41) is 0. The summed E-state index contributed by atoms with van der Waals surface area (Å²) in [7, 11) is 0. The molecule has 0 aliphatic heterocycles. The summed E-state index contributed by atoms with van der Waals surface area (Å²) in [6.45, 7) is 6.17. The summed E-state index contributed by atoms with van der Waals surface area (Å²) in [5.74, 6) is -1.05. The second-order valence-corrected chi connectivity index (χ2v) is 17.3. The predicted octanol–water partition coefficient (Wildman–Crippen LogP) is 18.7. The summed E-state index contributed by atoms with van der Waals surface area (Å²) in [5.41, 5.74) is 0. The summed E-state index contributed by atoms with van der Waals surface area (Å²) in [4.78, 5) is 38.2. The van der Waals surface area contributed by atoms with Gasteiger partial charge in [-0.05, 0) is 103 Å². The van der Waals surface area contributed by atoms with Crippen molar-refractivity contribution in [2.45, 2.75) is 187 Å². The van der Waals surface area contributed by atoms with Crippen molar-refractivity contribution < 1.29 is 28.6 Å². The smallest absolute Gasteiger partial charge is 0.306 e. The Morgan fingerprint density at radius 2 is 0.611 bits per heavy atom. The van der Waals surface area contributed by atoms with Gasteiger partial charge in [0.2, 0.25) is 0 Å². The first kappa shape index (κ1) is 66.2. The van der Waals surface area contributed by atoms with E-state index in [9.17, 15) is 14.4 Å². The Bertz CT molecular complexity index is 1800. The lowest BCUT2D eigenvalue weighted by Crippen LogP contribution is -2.30. The standard InChI is InChI=1S/C66H96O6/c1-4-7-10-13-16-19-22-25-28-31-33-36-38-41-44-47-50-53-56-59-65(68)71-62-63(61-70-64(67)58-55-52-49-46-43-40-37-34-30-27-24-21-18-15-12-9-6-3)72-66(69)60-57-54-51-48-45-42-39-35-32-29-26-23-20-17-14-11-8-5-2/h7,9-12,14-21,23-30,32-37,39-41,43-44,63H,4-6,8,13,22,31,38,42,45-62H2,1-3H3/b10-7-,12-9-,14-11-,18-15-,19-16-,20-17-,24-21-,26-23-,28-25-,30-27-,32-29-,36-33-,37-34+,39-35-,43-40-,44-41-. The van der Waals surface area contributed by atoms with Crippen LogP contribution in [0.2, 0.25) is 0 Å². The minimum atomic E-state index is -0.838. The fourth-order valence-corrected chi connectivity index (χ4v) is 6.53. The van der Waals surface area contributed by atoms with Crippen LogP contribution in [0.25, 0.3) is 0 Å². The van der Waals surface area contributed by atoms with Crippen LogP contribution in [0, 0.1) is 0 Å². The van der Waals surface area contributed by atoms with Crippen molar-refractivity contribution in [3.63, 3.8) is 0 Å². The molecule has 0 N–H and O–H groups in total. The first-order valence-corrected chi connectivity index (χ1v) is 27.6. The fourth-order valence-electron chi connectivity index (χ4n) is 6.53. The minimum Gasteiger partial charge on any atom is -0.462 e. The van der Waals surface area contributed by atoms with Crippen LogP contribution < -0.4 is 0 Å². The largest absolute Gasteiger partial charge is 0.462 e. The molecule has 0 saturated carbocycles. The number of unbranched alkanes of at least 4 members (excludes halogenated alkanes) is 12. The van der Waals surface area contributed by atoms with Gasteiger partial charge in [-0.3, -0.25) is 14.4 Å². The molecular weight excluding hydrogens is 889 g/mol. The molecule has 0 heterocycles. The fraction of sp³-hybridized carbons (Fsp3) is 0.470. The Morgan fingerprint density at radius 3 is 1.03 bits per heavy atom. The molecule has 0 aromatic carbocycles. The average molecular weight is 985 g/mol. The summed E-state index contributed by atoms with van der Waals surface area (Å²) < 4.78 is 16.8. The van der Waals surface area contributed by atoms with Crippen LogP contribution in [0.1, 0.15) is 181 Å². The summed E-state index contributed by atoms with van der Waals surface area (Å²) in [6, 6.07) is 0. The van der Waals surface area contributed by atoms with Crippen molar-refractivity contribution in [3.8, 4) is 0 Å². The van der Waals surface area contributed by atoms with E-state index in [0.29, 0.717) is 19.3 Å². The maximum absolute atomic E-state index is 12.9. The molecule has 0 fully saturated rings. The third-order valence-electron chi connectivity index (χ3n) is 10.6. The molecule has 6 heteroatoms. The van der Waals surface area contributed by atoms with Crippen molar-refractivity contribution in [3.05, 3.63) is 194 Å². The van der Waals surface area contributed by atoms with E-state index in [0.717, 1.165) is 122 Å². The quantitative estimate of drug-likeness (QED) is 0.0199. The molecule has 0 aliphatic rings. The SMILES string of the molecule is CC\C=C/C=C\C=C/C=C\C=C\C=C/CCCCCC(=O)OCC(COC(=O)CCCCC/C=C\C/C=C\C/C=C\C/C=C\C/C=C\CC)OC(=O)CCCCCCC\C=C/C=C\C=C/C=C\C=C/CCC. The molecule has 72 heavy (non-hydrogen) atoms. The topological polar surface area (TPSA) is 78.9 Å². The minimum absolute atomic E-state index is 0.133. The van der Waals surface area contributed by atoms with E-state index < -0.39 is 6.10 Å². The molecule has 0 aliphatic carbocycles. The van der Waals surface area contributed by atoms with Gasteiger partial charge in [0.15, 0.2) is 6.10 Å². The molecule has 0 spiro atoms. The zero-order valence-corrected chi connectivity index (χ0v) is 45.1. The van der Waals surface area contributed by atoms with Crippen LogP contribution in [-0.2, 0) is 28.6 Å². The third-order valence-corrected chi connectivity index (χ3v) is 10.6. The second-order valence-electron chi connectivity index (χ2n) is 17.3. The number of rotatable bonds is 46. The zero-order valence-electron chi connectivity index (χ0n) is 45.1. The number of esters is 3. The second kappa shape index (κ2) is 57.8. The van der Waals surface area contributed by atoms with Gasteiger partial charge in [-0.25, -0.2) is 0 Å². The van der Waals surface area contributed by atoms with Gasteiger partial charge in [-0.15, -0.1) is 0 Å². The van der Waals surface area contributed by atoms with E-state index >= 15 is 0 Å². The van der Waals surface area contributed by atoms with Crippen molar-refractivity contribution in [2.75, 3.05) is 13.2 Å². The van der Waals surface area contributed by atoms with Gasteiger partial charge in [0.05, 0.1) is 0 Å². The number of carbonyl (C=O) groups excluding carboxylic acids is 3. The van der Waals surface area contributed by atoms with Gasteiger partial charge in [0, 0.05) is 19.3 Å². The molecular formula is C66H96O6. The van der Waals surface area contributed by atoms with Crippen molar-refractivity contribution in [1.82, 2.24) is 0 Å². The van der Waals surface area contributed by atoms with Crippen molar-refractivity contribution in [2.24, 2.45) is 0 Å². The molecule has 6 nitrogen and oxygen atoms in total. The molecule has 1 atom stereocenters. The molecule has 0 rings (SSSR count). The predicted molar refractivity (Wildman–Crippen MR) is 310 cm³/mol. The van der Waals surface area contributed by atoms with Crippen molar-refractivity contribution in [1.29, 1.82) is 0 Å². The maximum atomic E-state index is 12.9. The number of carbonyl (C=O) groups is 3. The van der Waals surface area contributed by atoms with E-state index in [4.69, 9.17) is 14.2 Å². The number of hydrogen-bond acceptors (Lipinski definition) is 6. The molecule has 0 radical (unpaired) electrons. The summed E-state index contributed by atoms with van der Waals surface area (Å²) >= 11 is 0. The number of ether oxygens (including phenoxy) is 3. The Morgan fingerprint density at radius 1 is 0.306 bits per heavy atom. The highest BCUT2D eigenvalue weighted by Gasteiger charge is 2.19. The lowest BCUT2D eigenvalue weighted by molar-refractivity contribution is -0.167. The third kappa shape index (κ3) is 55.2. The molecule has 0 amide bonds. The van der Waals surface area contributed by atoms with Gasteiger partial charge in [0.25, 0.3) is 0 Å². The Balaban J connectivity index is 4.66. The van der Waals surface area contributed by atoms with Crippen LogP contribution in [0.5, 0.6) is 0 Å². The van der Waals surface area contributed by atoms with Crippen LogP contribution in [0.4, 0.5) is 0 Å². The van der Waals surface area contributed by atoms with Crippen LogP contribution >= 0.6 is 0 Å². The first-order valence-electron chi connectivity index (χ1n) is 27.6. The Labute approximate surface area is 439 Å². The van der Waals surface area contributed by atoms with Gasteiger partial charge >= 0.3 is 17.9 Å². The van der Waals surface area contributed by atoms with E-state index in [1.807, 2.05) is 97.2 Å². The van der Waals surface area contributed by atoms with Gasteiger partial charge in [-0.2, -0.15) is 0 Å². The Hall–Kier alpha value is -5.75.